The Morgan fingerprint density at radius 1 is 1.30 bits per heavy atom. The minimum atomic E-state index is -4.62. The number of carbonyl (C=O) groups is 1. The van der Waals surface area contributed by atoms with Gasteiger partial charge in [-0.15, -0.1) is 0 Å². The van der Waals surface area contributed by atoms with E-state index < -0.39 is 18.9 Å². The van der Waals surface area contributed by atoms with Gasteiger partial charge in [-0.05, 0) is 19.1 Å². The highest BCUT2D eigenvalue weighted by Gasteiger charge is 2.39. The summed E-state index contributed by atoms with van der Waals surface area (Å²) in [5.41, 5.74) is 1.89. The van der Waals surface area contributed by atoms with Crippen LogP contribution in [0.4, 0.5) is 18.9 Å². The van der Waals surface area contributed by atoms with Crippen LogP contribution in [0.25, 0.3) is 17.0 Å². The quantitative estimate of drug-likeness (QED) is 0.578. The minimum absolute atomic E-state index is 0.0421. The normalized spacial score (nSPS) is 13.4. The molecule has 33 heavy (non-hydrogen) atoms. The molecule has 2 aromatic heterocycles. The number of aromatic nitrogens is 3. The number of nitrogens with one attached hydrogen (secondary N) is 1. The van der Waals surface area contributed by atoms with E-state index in [9.17, 15) is 18.0 Å². The Morgan fingerprint density at radius 2 is 2.06 bits per heavy atom. The molecule has 1 amide bonds. The molecular formula is C21H21F3N6O3. The van der Waals surface area contributed by atoms with Gasteiger partial charge in [0.1, 0.15) is 18.1 Å². The summed E-state index contributed by atoms with van der Waals surface area (Å²) in [5.74, 6) is 0.759. The molecule has 1 aromatic carbocycles. The molecule has 1 N–H and O–H groups in total. The molecule has 0 radical (unpaired) electrons. The van der Waals surface area contributed by atoms with E-state index in [4.69, 9.17) is 9.15 Å². The lowest BCUT2D eigenvalue weighted by Crippen LogP contribution is -2.38. The van der Waals surface area contributed by atoms with Crippen molar-refractivity contribution in [1.82, 2.24) is 24.3 Å². The molecule has 174 valence electrons. The van der Waals surface area contributed by atoms with Crippen molar-refractivity contribution in [2.24, 2.45) is 0 Å². The fourth-order valence-electron chi connectivity index (χ4n) is 3.40. The van der Waals surface area contributed by atoms with E-state index >= 15 is 0 Å². The molecule has 0 aliphatic carbocycles. The summed E-state index contributed by atoms with van der Waals surface area (Å²) >= 11 is 0. The topological polar surface area (TPSA) is 88.7 Å². The number of halogens is 3. The largest absolute Gasteiger partial charge is 0.496 e. The summed E-state index contributed by atoms with van der Waals surface area (Å²) in [6.07, 6.45) is -1.07. The Hall–Kier alpha value is -3.96. The van der Waals surface area contributed by atoms with E-state index in [0.717, 1.165) is 6.20 Å². The van der Waals surface area contributed by atoms with E-state index in [-0.39, 0.29) is 22.1 Å². The number of fused-ring (bicyclic) bond motifs is 1. The zero-order valence-electron chi connectivity index (χ0n) is 18.3. The van der Waals surface area contributed by atoms with E-state index in [1.165, 1.54) is 29.2 Å². The predicted molar refractivity (Wildman–Crippen MR) is 113 cm³/mol. The third kappa shape index (κ3) is 4.23. The van der Waals surface area contributed by atoms with Gasteiger partial charge in [0.2, 0.25) is 0 Å². The van der Waals surface area contributed by atoms with E-state index in [1.54, 1.807) is 39.2 Å². The molecule has 0 spiro atoms. The molecule has 3 aromatic rings. The molecule has 3 heterocycles. The number of amides is 1. The first kappa shape index (κ1) is 22.2. The van der Waals surface area contributed by atoms with Crippen molar-refractivity contribution in [3.63, 3.8) is 0 Å². The average molecular weight is 462 g/mol. The van der Waals surface area contributed by atoms with Crippen molar-refractivity contribution in [2.75, 3.05) is 26.5 Å². The van der Waals surface area contributed by atoms with E-state index in [0.29, 0.717) is 28.5 Å². The zero-order valence-corrected chi connectivity index (χ0v) is 18.3. The smallest absolute Gasteiger partial charge is 0.485 e. The minimum Gasteiger partial charge on any atom is -0.496 e. The first-order valence-corrected chi connectivity index (χ1v) is 9.78. The molecule has 0 saturated carbocycles. The number of ether oxygens (including phenoxy) is 1. The van der Waals surface area contributed by atoms with Gasteiger partial charge in [0.15, 0.2) is 18.0 Å². The van der Waals surface area contributed by atoms with Crippen LogP contribution in [0.2, 0.25) is 0 Å². The molecule has 4 rings (SSSR count). The maximum absolute atomic E-state index is 13.5. The number of alkyl halides is 3. The third-order valence-corrected chi connectivity index (χ3v) is 5.03. The second-order valence-electron chi connectivity index (χ2n) is 7.55. The Labute approximate surface area is 187 Å². The summed E-state index contributed by atoms with van der Waals surface area (Å²) in [7, 11) is 4.56. The van der Waals surface area contributed by atoms with Crippen molar-refractivity contribution < 1.29 is 27.1 Å². The van der Waals surface area contributed by atoms with Gasteiger partial charge in [0.05, 0.1) is 24.1 Å². The van der Waals surface area contributed by atoms with Crippen molar-refractivity contribution in [3.05, 3.63) is 54.2 Å². The second kappa shape index (κ2) is 8.19. The molecule has 0 saturated heterocycles. The van der Waals surface area contributed by atoms with E-state index in [1.807, 2.05) is 0 Å². The molecule has 0 fully saturated rings. The van der Waals surface area contributed by atoms with Gasteiger partial charge in [-0.2, -0.15) is 13.2 Å². The molecule has 1 aliphatic heterocycles. The molecule has 9 nitrogen and oxygen atoms in total. The number of carbonyl (C=O) groups excluding carboxylic acids is 1. The first-order chi connectivity index (χ1) is 15.6. The van der Waals surface area contributed by atoms with Crippen LogP contribution in [0.1, 0.15) is 22.0 Å². The van der Waals surface area contributed by atoms with E-state index in [2.05, 4.69) is 15.3 Å². The van der Waals surface area contributed by atoms with Crippen LogP contribution in [0, 0.1) is 6.92 Å². The summed E-state index contributed by atoms with van der Waals surface area (Å²) in [6.45, 7) is 1.26. The third-order valence-electron chi connectivity index (χ3n) is 5.03. The van der Waals surface area contributed by atoms with Gasteiger partial charge in [-0.3, -0.25) is 9.69 Å². The highest BCUT2D eigenvalue weighted by atomic mass is 19.4. The lowest BCUT2D eigenvalue weighted by Gasteiger charge is -2.29. The molecule has 0 unspecified atom stereocenters. The van der Waals surface area contributed by atoms with Gasteiger partial charge >= 0.3 is 6.30 Å². The zero-order chi connectivity index (χ0) is 23.9. The summed E-state index contributed by atoms with van der Waals surface area (Å²) in [5, 5.41) is 2.97. The van der Waals surface area contributed by atoms with Crippen LogP contribution in [0.3, 0.4) is 0 Å². The Bertz CT molecular complexity index is 1230. The second-order valence-corrected chi connectivity index (χ2v) is 7.55. The first-order valence-electron chi connectivity index (χ1n) is 9.78. The number of anilines is 1. The Kier molecular flexibility index (Phi) is 5.52. The van der Waals surface area contributed by atoms with Crippen LogP contribution in [-0.4, -0.2) is 57.7 Å². The van der Waals surface area contributed by atoms with Crippen molar-refractivity contribution in [1.29, 1.82) is 0 Å². The Morgan fingerprint density at radius 3 is 2.67 bits per heavy atom. The predicted octanol–water partition coefficient (Wildman–Crippen LogP) is 3.76. The number of rotatable bonds is 5. The number of benzene rings is 1. The number of methoxy groups -OCH3 is 1. The molecule has 1 aliphatic rings. The SMILES string of the molecule is COc1cc(NC2=CN(C(F)(F)F)Cn3cc(C(=O)N(C)C)nc32)ccc1-c1ocnc1C. The highest BCUT2D eigenvalue weighted by molar-refractivity contribution is 5.92. The van der Waals surface area contributed by atoms with Crippen molar-refractivity contribution in [3.8, 4) is 17.1 Å². The van der Waals surface area contributed by atoms with Crippen LogP contribution < -0.4 is 10.1 Å². The molecule has 0 bridgehead atoms. The van der Waals surface area contributed by atoms with Crippen LogP contribution in [-0.2, 0) is 6.67 Å². The Balaban J connectivity index is 1.72. The maximum Gasteiger partial charge on any atom is 0.485 e. The number of aryl methyl sites for hydroxylation is 1. The number of oxazole rings is 1. The summed E-state index contributed by atoms with van der Waals surface area (Å²) in [6, 6.07) is 5.02. The number of hydrogen-bond donors (Lipinski definition) is 1. The van der Waals surface area contributed by atoms with Gasteiger partial charge in [-0.25, -0.2) is 9.97 Å². The standard InChI is InChI=1S/C21H21F3N6O3/c1-12-18(33-10-25-12)14-6-5-13(7-17(14)32-4)26-15-9-30(21(22,23)24)11-29-8-16(27-19(15)29)20(31)28(2)3/h5-10,26H,11H2,1-4H3. The van der Waals surface area contributed by atoms with Crippen LogP contribution in [0.5, 0.6) is 5.75 Å². The summed E-state index contributed by atoms with van der Waals surface area (Å²) < 4.78 is 52.7. The lowest BCUT2D eigenvalue weighted by atomic mass is 10.1. The van der Waals surface area contributed by atoms with Crippen molar-refractivity contribution in [2.45, 2.75) is 19.9 Å². The number of nitrogens with zero attached hydrogens (tertiary/aromatic N) is 5. The van der Waals surface area contributed by atoms with Gasteiger partial charge < -0.3 is 23.9 Å². The van der Waals surface area contributed by atoms with Crippen LogP contribution in [0.15, 0.2) is 41.4 Å². The highest BCUT2D eigenvalue weighted by Crippen LogP contribution is 2.36. The van der Waals surface area contributed by atoms with Crippen molar-refractivity contribution >= 4 is 17.3 Å². The van der Waals surface area contributed by atoms with Gasteiger partial charge in [-0.1, -0.05) is 0 Å². The summed E-state index contributed by atoms with van der Waals surface area (Å²) in [4.78, 5) is 22.2. The average Bonchev–Trinajstić information content (AvgIpc) is 3.38. The molecular weight excluding hydrogens is 441 g/mol. The van der Waals surface area contributed by atoms with Gasteiger partial charge in [0.25, 0.3) is 5.91 Å². The number of imidazole rings is 1. The fourth-order valence-corrected chi connectivity index (χ4v) is 3.40. The number of hydrogen-bond acceptors (Lipinski definition) is 7. The van der Waals surface area contributed by atoms with Crippen LogP contribution >= 0.6 is 0 Å². The monoisotopic (exact) mass is 462 g/mol. The van der Waals surface area contributed by atoms with Gasteiger partial charge in [0, 0.05) is 38.2 Å². The lowest BCUT2D eigenvalue weighted by molar-refractivity contribution is -0.237. The molecule has 0 atom stereocenters. The fraction of sp³-hybridized carbons (Fsp3) is 0.286. The molecule has 12 heteroatoms. The maximum atomic E-state index is 13.5.